The number of carbonyl (C=O) groups is 1. The molecule has 0 unspecified atom stereocenters. The third-order valence-electron chi connectivity index (χ3n) is 5.62. The second-order valence-corrected chi connectivity index (χ2v) is 9.70. The monoisotopic (exact) mass is 450 g/mol. The number of nitrogens with one attached hydrogen (secondary N) is 1. The fourth-order valence-electron chi connectivity index (χ4n) is 4.18. The zero-order valence-corrected chi connectivity index (χ0v) is 19.0. The van der Waals surface area contributed by atoms with Gasteiger partial charge in [-0.2, -0.15) is 0 Å². The topological polar surface area (TPSA) is 80.6 Å². The predicted molar refractivity (Wildman–Crippen MR) is 125 cm³/mol. The first-order valence-electron chi connectivity index (χ1n) is 10.3. The Kier molecular flexibility index (Phi) is 5.27. The van der Waals surface area contributed by atoms with Crippen LogP contribution in [0.1, 0.15) is 52.2 Å². The van der Waals surface area contributed by atoms with Crippen molar-refractivity contribution in [3.63, 3.8) is 0 Å². The van der Waals surface area contributed by atoms with Crippen molar-refractivity contribution in [1.29, 1.82) is 0 Å². The van der Waals surface area contributed by atoms with Crippen LogP contribution in [0.4, 0.5) is 0 Å². The third-order valence-corrected chi connectivity index (χ3v) is 7.86. The number of hydrogen-bond donors (Lipinski definition) is 1. The number of aryl methyl sites for hydroxylation is 2. The summed E-state index contributed by atoms with van der Waals surface area (Å²) in [5.41, 5.74) is 4.10. The Hall–Kier alpha value is -2.71. The van der Waals surface area contributed by atoms with Gasteiger partial charge in [0.2, 0.25) is 0 Å². The van der Waals surface area contributed by atoms with Gasteiger partial charge in [0.1, 0.15) is 10.7 Å². The summed E-state index contributed by atoms with van der Waals surface area (Å²) in [7, 11) is 0. The van der Waals surface area contributed by atoms with Gasteiger partial charge in [-0.1, -0.05) is 30.0 Å². The summed E-state index contributed by atoms with van der Waals surface area (Å²) in [5.74, 6) is 1.06. The summed E-state index contributed by atoms with van der Waals surface area (Å²) in [6.45, 7) is 3.33. The molecule has 3 heterocycles. The van der Waals surface area contributed by atoms with Crippen LogP contribution in [0.3, 0.4) is 0 Å². The Bertz CT molecular complexity index is 1350. The van der Waals surface area contributed by atoms with E-state index < -0.39 is 0 Å². The lowest BCUT2D eigenvalue weighted by molar-refractivity contribution is 0.102. The summed E-state index contributed by atoms with van der Waals surface area (Å²) in [5, 5.41) is 1.44. The molecule has 1 aliphatic rings. The number of aromatic amines is 1. The van der Waals surface area contributed by atoms with Gasteiger partial charge in [-0.25, -0.2) is 9.97 Å². The van der Waals surface area contributed by atoms with Gasteiger partial charge in [0.05, 0.1) is 21.7 Å². The highest BCUT2D eigenvalue weighted by atomic mass is 32.2. The Balaban J connectivity index is 1.50. The van der Waals surface area contributed by atoms with Gasteiger partial charge in [0, 0.05) is 11.4 Å². The van der Waals surface area contributed by atoms with E-state index in [1.165, 1.54) is 42.5 Å². The van der Waals surface area contributed by atoms with Crippen molar-refractivity contribution in [2.24, 2.45) is 0 Å². The van der Waals surface area contributed by atoms with E-state index in [1.807, 2.05) is 25.1 Å². The number of thioether (sulfide) groups is 1. The van der Waals surface area contributed by atoms with Gasteiger partial charge >= 0.3 is 0 Å². The van der Waals surface area contributed by atoms with Crippen LogP contribution in [0, 0.1) is 6.92 Å². The molecule has 5 rings (SSSR count). The number of carbonyl (C=O) groups excluding carboxylic acids is 1. The molecule has 0 atom stereocenters. The molecule has 1 aliphatic carbocycles. The number of ketones is 1. The highest BCUT2D eigenvalue weighted by Crippen LogP contribution is 2.32. The average molecular weight is 451 g/mol. The van der Waals surface area contributed by atoms with Gasteiger partial charge < -0.3 is 4.98 Å². The minimum atomic E-state index is -0.187. The van der Waals surface area contributed by atoms with Crippen LogP contribution >= 0.6 is 23.1 Å². The normalized spacial score (nSPS) is 13.5. The maximum absolute atomic E-state index is 12.7. The molecule has 0 radical (unpaired) electrons. The molecule has 31 heavy (non-hydrogen) atoms. The number of fused-ring (bicyclic) bond motifs is 2. The number of thiophene rings is 1. The van der Waals surface area contributed by atoms with Crippen molar-refractivity contribution in [3.8, 4) is 5.69 Å². The van der Waals surface area contributed by atoms with Crippen molar-refractivity contribution < 1.29 is 4.79 Å². The van der Waals surface area contributed by atoms with E-state index in [9.17, 15) is 9.59 Å². The van der Waals surface area contributed by atoms with Gasteiger partial charge in [-0.05, 0) is 57.2 Å². The van der Waals surface area contributed by atoms with Crippen LogP contribution in [0.15, 0.2) is 40.3 Å². The minimum Gasteiger partial charge on any atom is -0.309 e. The molecule has 0 aliphatic heterocycles. The molecule has 8 heteroatoms. The van der Waals surface area contributed by atoms with Gasteiger partial charge in [-0.3, -0.25) is 14.2 Å². The van der Waals surface area contributed by atoms with Gasteiger partial charge in [0.15, 0.2) is 10.9 Å². The first kappa shape index (κ1) is 20.2. The highest BCUT2D eigenvalue weighted by Gasteiger charge is 2.22. The molecule has 4 aromatic rings. The summed E-state index contributed by atoms with van der Waals surface area (Å²) in [4.78, 5) is 38.3. The number of para-hydroxylation sites is 1. The molecule has 0 bridgehead atoms. The van der Waals surface area contributed by atoms with Gasteiger partial charge in [0.25, 0.3) is 5.56 Å². The number of aromatic nitrogens is 4. The molecule has 1 N–H and O–H groups in total. The SMILES string of the molecule is CC(=O)c1sc2nc(CSc3nc4c(n3-c3ccccc3)CCCC4)[nH]c(=O)c2c1C. The fraction of sp³-hybridized carbons (Fsp3) is 0.304. The number of rotatable bonds is 5. The Morgan fingerprint density at radius 2 is 1.97 bits per heavy atom. The Labute approximate surface area is 187 Å². The van der Waals surface area contributed by atoms with Crippen LogP contribution in [0.25, 0.3) is 15.9 Å². The smallest absolute Gasteiger partial charge is 0.259 e. The molecule has 0 fully saturated rings. The van der Waals surface area contributed by atoms with E-state index in [2.05, 4.69) is 26.7 Å². The number of Topliss-reactive ketones (excluding diaryl/α,β-unsaturated/α-hetero) is 1. The molecule has 6 nitrogen and oxygen atoms in total. The standard InChI is InChI=1S/C23H22N4O2S2/c1-13-19-21(29)25-18(26-22(19)31-20(13)14(2)28)12-30-23-24-16-10-6-7-11-17(16)27(23)15-8-4-3-5-9-15/h3-5,8-9H,6-7,10-12H2,1-2H3,(H,25,26,29). The molecule has 0 saturated heterocycles. The van der Waals surface area contributed by atoms with E-state index in [-0.39, 0.29) is 11.3 Å². The zero-order chi connectivity index (χ0) is 21.5. The predicted octanol–water partition coefficient (Wildman–Crippen LogP) is 4.85. The molecular formula is C23H22N4O2S2. The molecule has 1 aromatic carbocycles. The quantitative estimate of drug-likeness (QED) is 0.347. The van der Waals surface area contributed by atoms with Crippen molar-refractivity contribution in [1.82, 2.24) is 19.5 Å². The maximum Gasteiger partial charge on any atom is 0.259 e. The average Bonchev–Trinajstić information content (AvgIpc) is 3.30. The van der Waals surface area contributed by atoms with Crippen molar-refractivity contribution in [2.75, 3.05) is 0 Å². The van der Waals surface area contributed by atoms with Crippen molar-refractivity contribution >= 4 is 39.1 Å². The number of nitrogens with zero attached hydrogens (tertiary/aromatic N) is 3. The minimum absolute atomic E-state index is 0.0358. The number of benzene rings is 1. The zero-order valence-electron chi connectivity index (χ0n) is 17.4. The van der Waals surface area contributed by atoms with Gasteiger partial charge in [-0.15, -0.1) is 11.3 Å². The number of imidazole rings is 1. The van der Waals surface area contributed by atoms with E-state index in [1.54, 1.807) is 11.8 Å². The van der Waals surface area contributed by atoms with E-state index in [0.29, 0.717) is 32.2 Å². The summed E-state index contributed by atoms with van der Waals surface area (Å²) >= 11 is 2.87. The Morgan fingerprint density at radius 1 is 1.19 bits per heavy atom. The largest absolute Gasteiger partial charge is 0.309 e. The second-order valence-electron chi connectivity index (χ2n) is 7.76. The van der Waals surface area contributed by atoms with E-state index in [4.69, 9.17) is 4.98 Å². The van der Waals surface area contributed by atoms with Crippen LogP contribution < -0.4 is 5.56 Å². The lowest BCUT2D eigenvalue weighted by Crippen LogP contribution is -2.11. The maximum atomic E-state index is 12.7. The Morgan fingerprint density at radius 3 is 2.74 bits per heavy atom. The number of hydrogen-bond acceptors (Lipinski definition) is 6. The van der Waals surface area contributed by atoms with Crippen molar-refractivity contribution in [2.45, 2.75) is 50.4 Å². The summed E-state index contributed by atoms with van der Waals surface area (Å²) < 4.78 is 2.25. The summed E-state index contributed by atoms with van der Waals surface area (Å²) in [6.07, 6.45) is 4.38. The first-order valence-corrected chi connectivity index (χ1v) is 12.1. The lowest BCUT2D eigenvalue weighted by Gasteiger charge is -2.15. The highest BCUT2D eigenvalue weighted by molar-refractivity contribution is 7.98. The third kappa shape index (κ3) is 3.64. The molecular weight excluding hydrogens is 428 g/mol. The van der Waals surface area contributed by atoms with Crippen LogP contribution in [0.5, 0.6) is 0 Å². The molecule has 158 valence electrons. The number of H-pyrrole nitrogens is 1. The molecule has 3 aromatic heterocycles. The van der Waals surface area contributed by atoms with E-state index in [0.717, 1.165) is 23.7 Å². The fourth-order valence-corrected chi connectivity index (χ4v) is 6.20. The van der Waals surface area contributed by atoms with Crippen LogP contribution in [-0.2, 0) is 18.6 Å². The molecule has 0 saturated carbocycles. The molecule has 0 spiro atoms. The summed E-state index contributed by atoms with van der Waals surface area (Å²) in [6, 6.07) is 10.3. The first-order chi connectivity index (χ1) is 15.0. The molecule has 0 amide bonds. The second kappa shape index (κ2) is 8.09. The van der Waals surface area contributed by atoms with Crippen molar-refractivity contribution in [3.05, 3.63) is 68.3 Å². The van der Waals surface area contributed by atoms with Crippen LogP contribution in [-0.4, -0.2) is 25.3 Å². The van der Waals surface area contributed by atoms with E-state index >= 15 is 0 Å². The van der Waals surface area contributed by atoms with Crippen LogP contribution in [0.2, 0.25) is 0 Å². The lowest BCUT2D eigenvalue weighted by atomic mass is 10.0.